The first kappa shape index (κ1) is 15.3. The number of amides is 1. The van der Waals surface area contributed by atoms with Gasteiger partial charge in [-0.05, 0) is 56.9 Å². The van der Waals surface area contributed by atoms with Gasteiger partial charge < -0.3 is 4.74 Å². The number of aromatic nitrogens is 1. The van der Waals surface area contributed by atoms with Crippen molar-refractivity contribution in [2.45, 2.75) is 38.7 Å². The lowest BCUT2D eigenvalue weighted by molar-refractivity contribution is -0.122. The number of nitrogens with one attached hydrogen (secondary N) is 1. The topological polar surface area (TPSA) is 51.2 Å². The Labute approximate surface area is 138 Å². The molecule has 1 aliphatic carbocycles. The van der Waals surface area contributed by atoms with Gasteiger partial charge in [0.2, 0.25) is 0 Å². The van der Waals surface area contributed by atoms with Crippen molar-refractivity contribution in [2.24, 2.45) is 0 Å². The smallest absolute Gasteiger partial charge is 0.266 e. The number of aryl methyl sites for hydroxylation is 2. The molecule has 0 spiro atoms. The summed E-state index contributed by atoms with van der Waals surface area (Å²) in [5.74, 6) is 0.423. The van der Waals surface area contributed by atoms with Crippen molar-refractivity contribution < 1.29 is 9.53 Å². The van der Waals surface area contributed by atoms with E-state index in [-0.39, 0.29) is 5.91 Å². The molecule has 6 heteroatoms. The highest BCUT2D eigenvalue weighted by atomic mass is 35.5. The minimum Gasteiger partial charge on any atom is -0.481 e. The van der Waals surface area contributed by atoms with Crippen LogP contribution in [0, 0.1) is 0 Å². The third-order valence-corrected chi connectivity index (χ3v) is 4.90. The van der Waals surface area contributed by atoms with Crippen LogP contribution in [0.25, 0.3) is 0 Å². The van der Waals surface area contributed by atoms with E-state index in [4.69, 9.17) is 16.3 Å². The molecule has 2 aromatic rings. The molecule has 1 aromatic carbocycles. The second kappa shape index (κ2) is 6.67. The predicted octanol–water partition coefficient (Wildman–Crippen LogP) is 4.08. The Bertz CT molecular complexity index is 646. The highest BCUT2D eigenvalue weighted by Gasteiger charge is 2.19. The van der Waals surface area contributed by atoms with Gasteiger partial charge in [0.25, 0.3) is 5.91 Å². The van der Waals surface area contributed by atoms with Crippen LogP contribution in [-0.4, -0.2) is 17.0 Å². The zero-order valence-electron chi connectivity index (χ0n) is 12.3. The molecule has 4 nitrogen and oxygen atoms in total. The monoisotopic (exact) mass is 336 g/mol. The zero-order chi connectivity index (χ0) is 15.5. The Morgan fingerprint density at radius 3 is 2.77 bits per heavy atom. The van der Waals surface area contributed by atoms with E-state index in [0.717, 1.165) is 18.5 Å². The van der Waals surface area contributed by atoms with Crippen LogP contribution >= 0.6 is 22.9 Å². The molecule has 116 valence electrons. The first-order valence-electron chi connectivity index (χ1n) is 7.33. The lowest BCUT2D eigenvalue weighted by Gasteiger charge is -2.13. The van der Waals surface area contributed by atoms with E-state index < -0.39 is 6.10 Å². The number of carbonyl (C=O) groups excluding carboxylic acids is 1. The Balaban J connectivity index is 1.61. The molecule has 22 heavy (non-hydrogen) atoms. The summed E-state index contributed by atoms with van der Waals surface area (Å²) in [6, 6.07) is 6.95. The normalized spacial score (nSPS) is 15.0. The molecular weight excluding hydrogens is 320 g/mol. The van der Waals surface area contributed by atoms with Crippen molar-refractivity contribution in [1.82, 2.24) is 4.98 Å². The van der Waals surface area contributed by atoms with Crippen molar-refractivity contribution in [3.05, 3.63) is 39.9 Å². The summed E-state index contributed by atoms with van der Waals surface area (Å²) < 4.78 is 5.61. The summed E-state index contributed by atoms with van der Waals surface area (Å²) >= 11 is 7.40. The maximum absolute atomic E-state index is 12.2. The Kier molecular flexibility index (Phi) is 4.64. The number of rotatable bonds is 4. The predicted molar refractivity (Wildman–Crippen MR) is 88.9 cm³/mol. The number of halogens is 1. The van der Waals surface area contributed by atoms with Crippen molar-refractivity contribution in [3.63, 3.8) is 0 Å². The molecule has 0 aliphatic heterocycles. The fourth-order valence-electron chi connectivity index (χ4n) is 2.38. The van der Waals surface area contributed by atoms with Gasteiger partial charge in [-0.1, -0.05) is 11.6 Å². The zero-order valence-corrected chi connectivity index (χ0v) is 13.8. The molecule has 1 aliphatic rings. The summed E-state index contributed by atoms with van der Waals surface area (Å²) in [4.78, 5) is 18.0. The third kappa shape index (κ3) is 3.59. The van der Waals surface area contributed by atoms with Gasteiger partial charge in [0.15, 0.2) is 11.2 Å². The minimum absolute atomic E-state index is 0.193. The van der Waals surface area contributed by atoms with Crippen LogP contribution in [0.3, 0.4) is 0 Å². The van der Waals surface area contributed by atoms with Gasteiger partial charge in [0.1, 0.15) is 5.75 Å². The molecular formula is C16H17ClN2O2S. The standard InChI is InChI=1S/C16H17ClN2O2S/c1-10(21-12-8-6-11(17)7-9-12)15(20)19-16-18-13-4-2-3-5-14(13)22-16/h6-10H,2-5H2,1H3,(H,18,19,20)/t10-/m1/s1. The molecule has 0 saturated carbocycles. The second-order valence-corrected chi connectivity index (χ2v) is 6.82. The Morgan fingerprint density at radius 2 is 2.05 bits per heavy atom. The van der Waals surface area contributed by atoms with Gasteiger partial charge in [-0.25, -0.2) is 4.98 Å². The summed E-state index contributed by atoms with van der Waals surface area (Å²) in [5, 5.41) is 4.15. The molecule has 0 saturated heterocycles. The van der Waals surface area contributed by atoms with E-state index in [1.165, 1.54) is 17.7 Å². The molecule has 1 heterocycles. The van der Waals surface area contributed by atoms with Crippen LogP contribution in [0.15, 0.2) is 24.3 Å². The number of carbonyl (C=O) groups is 1. The van der Waals surface area contributed by atoms with Crippen LogP contribution < -0.4 is 10.1 Å². The van der Waals surface area contributed by atoms with E-state index in [1.807, 2.05) is 0 Å². The maximum Gasteiger partial charge on any atom is 0.266 e. The van der Waals surface area contributed by atoms with Gasteiger partial charge in [-0.2, -0.15) is 0 Å². The number of benzene rings is 1. The van der Waals surface area contributed by atoms with E-state index in [9.17, 15) is 4.79 Å². The summed E-state index contributed by atoms with van der Waals surface area (Å²) in [6.45, 7) is 1.72. The molecule has 1 aromatic heterocycles. The lowest BCUT2D eigenvalue weighted by Crippen LogP contribution is -2.30. The van der Waals surface area contributed by atoms with Crippen molar-refractivity contribution >= 4 is 34.0 Å². The number of hydrogen-bond donors (Lipinski definition) is 1. The Morgan fingerprint density at radius 1 is 1.32 bits per heavy atom. The van der Waals surface area contributed by atoms with Crippen LogP contribution in [0.4, 0.5) is 5.13 Å². The minimum atomic E-state index is -0.595. The molecule has 0 bridgehead atoms. The highest BCUT2D eigenvalue weighted by molar-refractivity contribution is 7.15. The number of ether oxygens (including phenoxy) is 1. The molecule has 3 rings (SSSR count). The molecule has 0 fully saturated rings. The quantitative estimate of drug-likeness (QED) is 0.915. The van der Waals surface area contributed by atoms with E-state index >= 15 is 0 Å². The molecule has 1 amide bonds. The summed E-state index contributed by atoms with van der Waals surface area (Å²) in [7, 11) is 0. The number of thiazole rings is 1. The van der Waals surface area contributed by atoms with E-state index in [1.54, 1.807) is 42.5 Å². The third-order valence-electron chi connectivity index (χ3n) is 3.57. The first-order chi connectivity index (χ1) is 10.6. The molecule has 1 N–H and O–H groups in total. The number of nitrogens with zero attached hydrogens (tertiary/aromatic N) is 1. The summed E-state index contributed by atoms with van der Waals surface area (Å²) in [5.41, 5.74) is 1.14. The Hall–Kier alpha value is -1.59. The summed E-state index contributed by atoms with van der Waals surface area (Å²) in [6.07, 6.45) is 3.87. The van der Waals surface area contributed by atoms with Crippen molar-refractivity contribution in [1.29, 1.82) is 0 Å². The van der Waals surface area contributed by atoms with Gasteiger partial charge in [-0.15, -0.1) is 11.3 Å². The average molecular weight is 337 g/mol. The van der Waals surface area contributed by atoms with E-state index in [0.29, 0.717) is 15.9 Å². The van der Waals surface area contributed by atoms with Crippen molar-refractivity contribution in [3.8, 4) is 5.75 Å². The second-order valence-electron chi connectivity index (χ2n) is 5.30. The van der Waals surface area contributed by atoms with Gasteiger partial charge in [0.05, 0.1) is 5.69 Å². The van der Waals surface area contributed by atoms with Crippen LogP contribution in [-0.2, 0) is 17.6 Å². The van der Waals surface area contributed by atoms with Crippen LogP contribution in [0.1, 0.15) is 30.3 Å². The van der Waals surface area contributed by atoms with Gasteiger partial charge >= 0.3 is 0 Å². The number of anilines is 1. The van der Waals surface area contributed by atoms with Crippen LogP contribution in [0.5, 0.6) is 5.75 Å². The number of hydrogen-bond acceptors (Lipinski definition) is 4. The van der Waals surface area contributed by atoms with Gasteiger partial charge in [-0.3, -0.25) is 10.1 Å². The molecule has 0 unspecified atom stereocenters. The lowest BCUT2D eigenvalue weighted by atomic mass is 10.0. The first-order valence-corrected chi connectivity index (χ1v) is 8.53. The van der Waals surface area contributed by atoms with Crippen molar-refractivity contribution in [2.75, 3.05) is 5.32 Å². The highest BCUT2D eigenvalue weighted by Crippen LogP contribution is 2.29. The largest absolute Gasteiger partial charge is 0.481 e. The molecule has 0 radical (unpaired) electrons. The maximum atomic E-state index is 12.2. The fourth-order valence-corrected chi connectivity index (χ4v) is 3.56. The average Bonchev–Trinajstić information content (AvgIpc) is 2.91. The van der Waals surface area contributed by atoms with Gasteiger partial charge in [0, 0.05) is 9.90 Å². The fraction of sp³-hybridized carbons (Fsp3) is 0.375. The number of fused-ring (bicyclic) bond motifs is 1. The molecule has 1 atom stereocenters. The van der Waals surface area contributed by atoms with E-state index in [2.05, 4.69) is 10.3 Å². The SMILES string of the molecule is C[C@@H](Oc1ccc(Cl)cc1)C(=O)Nc1nc2c(s1)CCCC2. The van der Waals surface area contributed by atoms with Crippen LogP contribution in [0.2, 0.25) is 5.02 Å².